The summed E-state index contributed by atoms with van der Waals surface area (Å²) in [5.74, 6) is 1.27. The third-order valence-corrected chi connectivity index (χ3v) is 8.31. The number of hydrogen-bond donors (Lipinski definition) is 4. The Balaban J connectivity index is 1.22. The lowest BCUT2D eigenvalue weighted by Gasteiger charge is -2.35. The number of aromatic nitrogens is 2. The summed E-state index contributed by atoms with van der Waals surface area (Å²) in [4.78, 5) is 35.6. The Labute approximate surface area is 242 Å². The lowest BCUT2D eigenvalue weighted by atomic mass is 9.83. The van der Waals surface area contributed by atoms with Crippen molar-refractivity contribution in [2.75, 3.05) is 29.0 Å². The highest BCUT2D eigenvalue weighted by Gasteiger charge is 2.40. The molecule has 2 aliphatic rings. The van der Waals surface area contributed by atoms with E-state index < -0.39 is 11.0 Å². The summed E-state index contributed by atoms with van der Waals surface area (Å²) in [6.07, 6.45) is 3.44. The maximum atomic E-state index is 12.4. The predicted molar refractivity (Wildman–Crippen MR) is 160 cm³/mol. The average Bonchev–Trinajstić information content (AvgIpc) is 3.16. The van der Waals surface area contributed by atoms with Crippen molar-refractivity contribution >= 4 is 50.9 Å². The maximum absolute atomic E-state index is 12.4. The number of rotatable bonds is 7. The first-order valence-corrected chi connectivity index (χ1v) is 14.3. The number of nitrogens with one attached hydrogen (secondary N) is 3. The van der Waals surface area contributed by atoms with Crippen LogP contribution in [0.25, 0.3) is 0 Å². The molecule has 2 aliphatic heterocycles. The molecule has 2 amide bonds. The lowest BCUT2D eigenvalue weighted by molar-refractivity contribution is -0.148. The smallest absolute Gasteiger partial charge is 0.253 e. The Hall–Kier alpha value is -3.50. The van der Waals surface area contributed by atoms with Crippen molar-refractivity contribution in [3.8, 4) is 0 Å². The fourth-order valence-electron chi connectivity index (χ4n) is 5.48. The number of hydrogen-bond acceptors (Lipinski definition) is 7. The van der Waals surface area contributed by atoms with Gasteiger partial charge in [0, 0.05) is 37.2 Å². The summed E-state index contributed by atoms with van der Waals surface area (Å²) in [5, 5.41) is 19.7. The van der Waals surface area contributed by atoms with Gasteiger partial charge in [-0.3, -0.25) is 9.59 Å². The second kappa shape index (κ2) is 10.8. The molecule has 1 aromatic heterocycles. The molecule has 0 atom stereocenters. The Bertz CT molecular complexity index is 1430. The topological polar surface area (TPSA) is 119 Å². The van der Waals surface area contributed by atoms with Crippen LogP contribution in [-0.2, 0) is 21.5 Å². The molecule has 5 rings (SSSR count). The van der Waals surface area contributed by atoms with Crippen molar-refractivity contribution in [3.63, 3.8) is 0 Å². The van der Waals surface area contributed by atoms with Crippen molar-refractivity contribution in [2.45, 2.75) is 64.0 Å². The third-order valence-electron chi connectivity index (χ3n) is 7.73. The van der Waals surface area contributed by atoms with E-state index in [1.54, 1.807) is 11.1 Å². The summed E-state index contributed by atoms with van der Waals surface area (Å²) >= 11 is 3.54. The number of carbonyl (C=O) groups excluding carboxylic acids is 2. The number of likely N-dealkylation sites (tertiary alicyclic amines) is 1. The van der Waals surface area contributed by atoms with Crippen LogP contribution in [0.2, 0.25) is 0 Å². The quantitative estimate of drug-likeness (QED) is 0.288. The van der Waals surface area contributed by atoms with Gasteiger partial charge in [-0.15, -0.1) is 0 Å². The monoisotopic (exact) mass is 606 g/mol. The zero-order chi connectivity index (χ0) is 28.7. The van der Waals surface area contributed by atoms with E-state index in [1.165, 1.54) is 19.4 Å². The second-order valence-corrected chi connectivity index (χ2v) is 12.4. The summed E-state index contributed by atoms with van der Waals surface area (Å²) < 4.78 is 0.740. The second-order valence-electron chi connectivity index (χ2n) is 11.5. The molecule has 0 spiro atoms. The van der Waals surface area contributed by atoms with E-state index >= 15 is 0 Å². The minimum absolute atomic E-state index is 0.00183. The Morgan fingerprint density at radius 3 is 2.55 bits per heavy atom. The van der Waals surface area contributed by atoms with Gasteiger partial charge in [0.25, 0.3) is 5.91 Å². The van der Waals surface area contributed by atoms with Crippen LogP contribution in [0.1, 0.15) is 63.1 Å². The summed E-state index contributed by atoms with van der Waals surface area (Å²) in [6, 6.07) is 14.1. The van der Waals surface area contributed by atoms with Gasteiger partial charge in [0.15, 0.2) is 0 Å². The Morgan fingerprint density at radius 1 is 1.18 bits per heavy atom. The molecular weight excluding hydrogens is 572 g/mol. The van der Waals surface area contributed by atoms with Crippen LogP contribution in [0.4, 0.5) is 23.1 Å². The fraction of sp³-hybridized carbons (Fsp3) is 0.400. The van der Waals surface area contributed by atoms with Crippen LogP contribution in [0.3, 0.4) is 0 Å². The molecule has 0 saturated carbocycles. The zero-order valence-electron chi connectivity index (χ0n) is 23.2. The van der Waals surface area contributed by atoms with Crippen LogP contribution in [0.15, 0.2) is 53.1 Å². The standard InChI is InChI=1S/C30H35BrN6O3/c1-29(2)24-20(6-5-7-23(24)35-26(29)38)16-32-25-22(31)17-33-28(36-25)34-21-10-8-18(9-11-21)19-12-14-37(15-13-19)27(39)30(3,4)40/h5-11,17,19,40H,12-16H2,1-4H3,(H,35,38)(H2,32,33,34,36). The number of piperidine rings is 1. The van der Waals surface area contributed by atoms with Crippen molar-refractivity contribution in [1.29, 1.82) is 0 Å². The summed E-state index contributed by atoms with van der Waals surface area (Å²) in [5.41, 5.74) is 3.07. The van der Waals surface area contributed by atoms with Gasteiger partial charge in [-0.05, 0) is 97.3 Å². The van der Waals surface area contributed by atoms with Gasteiger partial charge in [-0.1, -0.05) is 24.3 Å². The maximum Gasteiger partial charge on any atom is 0.253 e. The number of nitrogens with zero attached hydrogens (tertiary/aromatic N) is 3. The van der Waals surface area contributed by atoms with Crippen molar-refractivity contribution < 1.29 is 14.7 Å². The molecule has 3 aromatic rings. The normalized spacial score (nSPS) is 16.9. The molecule has 0 bridgehead atoms. The van der Waals surface area contributed by atoms with Gasteiger partial charge in [0.05, 0.1) is 9.89 Å². The number of carbonyl (C=O) groups is 2. The fourth-order valence-corrected chi connectivity index (χ4v) is 5.81. The minimum Gasteiger partial charge on any atom is -0.381 e. The number of halogens is 1. The Morgan fingerprint density at radius 2 is 1.88 bits per heavy atom. The molecule has 0 aliphatic carbocycles. The van der Waals surface area contributed by atoms with E-state index in [2.05, 4.69) is 54.0 Å². The van der Waals surface area contributed by atoms with Gasteiger partial charge < -0.3 is 26.0 Å². The molecule has 0 radical (unpaired) electrons. The number of fused-ring (bicyclic) bond motifs is 1. The van der Waals surface area contributed by atoms with E-state index in [4.69, 9.17) is 0 Å². The van der Waals surface area contributed by atoms with Crippen LogP contribution in [0, 0.1) is 0 Å². The summed E-state index contributed by atoms with van der Waals surface area (Å²) in [6.45, 7) is 8.75. The predicted octanol–water partition coefficient (Wildman–Crippen LogP) is 5.30. The van der Waals surface area contributed by atoms with Gasteiger partial charge in [-0.2, -0.15) is 4.98 Å². The van der Waals surface area contributed by atoms with Crippen LogP contribution in [0.5, 0.6) is 0 Å². The van der Waals surface area contributed by atoms with Crippen molar-refractivity contribution in [1.82, 2.24) is 14.9 Å². The number of anilines is 4. The SMILES string of the molecule is CC(C)(O)C(=O)N1CCC(c2ccc(Nc3ncc(Br)c(NCc4cccc5c4C(C)(C)C(=O)N5)n3)cc2)CC1. The van der Waals surface area contributed by atoms with Crippen molar-refractivity contribution in [2.24, 2.45) is 0 Å². The summed E-state index contributed by atoms with van der Waals surface area (Å²) in [7, 11) is 0. The highest BCUT2D eigenvalue weighted by atomic mass is 79.9. The first kappa shape index (κ1) is 28.0. The van der Waals surface area contributed by atoms with Gasteiger partial charge >= 0.3 is 0 Å². The molecule has 0 unspecified atom stereocenters. The molecular formula is C30H35BrN6O3. The third kappa shape index (κ3) is 5.69. The molecule has 1 saturated heterocycles. The molecule has 9 nitrogen and oxygen atoms in total. The Kier molecular flexibility index (Phi) is 7.58. The number of amides is 2. The molecule has 3 heterocycles. The van der Waals surface area contributed by atoms with Crippen LogP contribution in [-0.4, -0.2) is 50.5 Å². The van der Waals surface area contributed by atoms with E-state index in [0.717, 1.165) is 39.8 Å². The average molecular weight is 608 g/mol. The number of benzene rings is 2. The van der Waals surface area contributed by atoms with Gasteiger partial charge in [0.2, 0.25) is 11.9 Å². The minimum atomic E-state index is -1.33. The molecule has 10 heteroatoms. The molecule has 4 N–H and O–H groups in total. The highest BCUT2D eigenvalue weighted by Crippen LogP contribution is 2.40. The van der Waals surface area contributed by atoms with E-state index in [0.29, 0.717) is 37.3 Å². The lowest BCUT2D eigenvalue weighted by Crippen LogP contribution is -2.48. The molecule has 210 valence electrons. The van der Waals surface area contributed by atoms with Crippen molar-refractivity contribution in [3.05, 3.63) is 69.8 Å². The molecule has 1 fully saturated rings. The van der Waals surface area contributed by atoms with Gasteiger partial charge in [0.1, 0.15) is 11.4 Å². The van der Waals surface area contributed by atoms with Crippen LogP contribution < -0.4 is 16.0 Å². The molecule has 2 aromatic carbocycles. The highest BCUT2D eigenvalue weighted by molar-refractivity contribution is 9.10. The first-order chi connectivity index (χ1) is 18.9. The zero-order valence-corrected chi connectivity index (χ0v) is 24.8. The largest absolute Gasteiger partial charge is 0.381 e. The first-order valence-electron chi connectivity index (χ1n) is 13.5. The van der Waals surface area contributed by atoms with E-state index in [9.17, 15) is 14.7 Å². The van der Waals surface area contributed by atoms with E-state index in [-0.39, 0.29) is 11.8 Å². The number of aliphatic hydroxyl groups is 1. The van der Waals surface area contributed by atoms with Gasteiger partial charge in [-0.25, -0.2) is 4.98 Å². The van der Waals surface area contributed by atoms with E-state index in [1.807, 2.05) is 44.2 Å². The molecule has 40 heavy (non-hydrogen) atoms. The van der Waals surface area contributed by atoms with Crippen LogP contribution >= 0.6 is 15.9 Å².